The molecule has 1 aromatic heterocycles. The van der Waals surface area contributed by atoms with Gasteiger partial charge in [-0.3, -0.25) is 9.59 Å². The van der Waals surface area contributed by atoms with Crippen LogP contribution in [0.5, 0.6) is 5.75 Å². The first-order valence-corrected chi connectivity index (χ1v) is 12.2. The SMILES string of the molecule is NC(=O)c1nc(Cc2ccc(OCc3ccccc3)cc2)[nH]c1NC(=O)c1ccc(-c2ccccc2)cc1. The molecule has 0 radical (unpaired) electrons. The number of aromatic amines is 1. The fourth-order valence-corrected chi connectivity index (χ4v) is 4.04. The Hall–Kier alpha value is -5.17. The molecule has 0 atom stereocenters. The van der Waals surface area contributed by atoms with Crippen molar-refractivity contribution in [3.05, 3.63) is 137 Å². The summed E-state index contributed by atoms with van der Waals surface area (Å²) in [6, 6.07) is 34.7. The van der Waals surface area contributed by atoms with Gasteiger partial charge in [0.15, 0.2) is 5.69 Å². The van der Waals surface area contributed by atoms with Gasteiger partial charge < -0.3 is 20.8 Å². The fourth-order valence-electron chi connectivity index (χ4n) is 4.04. The molecule has 0 aliphatic carbocycles. The van der Waals surface area contributed by atoms with Gasteiger partial charge in [0, 0.05) is 12.0 Å². The lowest BCUT2D eigenvalue weighted by Gasteiger charge is -2.07. The van der Waals surface area contributed by atoms with Crippen LogP contribution in [0, 0.1) is 0 Å². The average Bonchev–Trinajstić information content (AvgIpc) is 3.36. The van der Waals surface area contributed by atoms with E-state index < -0.39 is 5.91 Å². The number of amides is 2. The van der Waals surface area contributed by atoms with Crippen molar-refractivity contribution in [2.75, 3.05) is 5.32 Å². The summed E-state index contributed by atoms with van der Waals surface area (Å²) in [5.74, 6) is 0.328. The third-order valence-corrected chi connectivity index (χ3v) is 6.02. The largest absolute Gasteiger partial charge is 0.489 e. The fraction of sp³-hybridized carbons (Fsp3) is 0.0645. The molecule has 0 spiro atoms. The van der Waals surface area contributed by atoms with E-state index >= 15 is 0 Å². The van der Waals surface area contributed by atoms with Crippen LogP contribution in [0.15, 0.2) is 109 Å². The first-order valence-electron chi connectivity index (χ1n) is 12.2. The van der Waals surface area contributed by atoms with Gasteiger partial charge in [-0.1, -0.05) is 84.9 Å². The van der Waals surface area contributed by atoms with E-state index in [4.69, 9.17) is 10.5 Å². The Morgan fingerprint density at radius 2 is 1.39 bits per heavy atom. The number of hydrogen-bond acceptors (Lipinski definition) is 4. The summed E-state index contributed by atoms with van der Waals surface area (Å²) in [6.07, 6.45) is 0.418. The number of primary amides is 1. The summed E-state index contributed by atoms with van der Waals surface area (Å²) in [6.45, 7) is 0.485. The maximum atomic E-state index is 12.9. The van der Waals surface area contributed by atoms with Crippen LogP contribution in [0.3, 0.4) is 0 Å². The van der Waals surface area contributed by atoms with Crippen LogP contribution in [-0.4, -0.2) is 21.8 Å². The number of ether oxygens (including phenoxy) is 1. The van der Waals surface area contributed by atoms with Crippen LogP contribution in [0.4, 0.5) is 5.82 Å². The molecule has 7 heteroatoms. The zero-order valence-electron chi connectivity index (χ0n) is 20.6. The molecule has 2 amide bonds. The predicted molar refractivity (Wildman–Crippen MR) is 147 cm³/mol. The quantitative estimate of drug-likeness (QED) is 0.244. The zero-order valence-corrected chi connectivity index (χ0v) is 20.6. The van der Waals surface area contributed by atoms with Crippen LogP contribution in [0.1, 0.15) is 37.8 Å². The second-order valence-electron chi connectivity index (χ2n) is 8.76. The minimum absolute atomic E-state index is 0.0166. The third-order valence-electron chi connectivity index (χ3n) is 6.02. The average molecular weight is 503 g/mol. The lowest BCUT2D eigenvalue weighted by molar-refractivity contribution is 0.0997. The Kier molecular flexibility index (Phi) is 7.27. The van der Waals surface area contributed by atoms with E-state index in [0.717, 1.165) is 28.0 Å². The number of nitrogens with zero attached hydrogens (tertiary/aromatic N) is 1. The van der Waals surface area contributed by atoms with E-state index in [1.807, 2.05) is 97.1 Å². The first kappa shape index (κ1) is 24.5. The van der Waals surface area contributed by atoms with Crippen LogP contribution in [0.2, 0.25) is 0 Å². The maximum absolute atomic E-state index is 12.9. The number of nitrogens with two attached hydrogens (primary N) is 1. The number of anilines is 1. The van der Waals surface area contributed by atoms with Gasteiger partial charge in [0.05, 0.1) is 0 Å². The topological polar surface area (TPSA) is 110 Å². The highest BCUT2D eigenvalue weighted by Gasteiger charge is 2.18. The van der Waals surface area contributed by atoms with Crippen molar-refractivity contribution in [2.45, 2.75) is 13.0 Å². The number of carbonyl (C=O) groups is 2. The van der Waals surface area contributed by atoms with Gasteiger partial charge in [-0.2, -0.15) is 0 Å². The van der Waals surface area contributed by atoms with Crippen molar-refractivity contribution in [2.24, 2.45) is 5.73 Å². The van der Waals surface area contributed by atoms with Crippen molar-refractivity contribution >= 4 is 17.6 Å². The van der Waals surface area contributed by atoms with Crippen molar-refractivity contribution < 1.29 is 14.3 Å². The number of benzene rings is 4. The van der Waals surface area contributed by atoms with Crippen molar-refractivity contribution in [1.82, 2.24) is 9.97 Å². The molecule has 5 rings (SSSR count). The smallest absolute Gasteiger partial charge is 0.271 e. The highest BCUT2D eigenvalue weighted by Crippen LogP contribution is 2.21. The zero-order chi connectivity index (χ0) is 26.3. The van der Waals surface area contributed by atoms with Gasteiger partial charge in [-0.25, -0.2) is 4.98 Å². The van der Waals surface area contributed by atoms with Gasteiger partial charge in [0.25, 0.3) is 11.8 Å². The third kappa shape index (κ3) is 5.96. The van der Waals surface area contributed by atoms with Gasteiger partial charge in [-0.05, 0) is 46.5 Å². The highest BCUT2D eigenvalue weighted by molar-refractivity contribution is 6.07. The minimum Gasteiger partial charge on any atom is -0.489 e. The molecule has 4 aromatic carbocycles. The summed E-state index contributed by atoms with van der Waals surface area (Å²) in [5.41, 5.74) is 10.1. The summed E-state index contributed by atoms with van der Waals surface area (Å²) in [5, 5.41) is 2.74. The van der Waals surface area contributed by atoms with Crippen LogP contribution >= 0.6 is 0 Å². The standard InChI is InChI=1S/C31H26N4O3/c32-29(36)28-30(35-31(37)25-15-13-24(14-16-25)23-9-5-2-6-10-23)34-27(33-28)19-21-11-17-26(18-12-21)38-20-22-7-3-1-4-8-22/h1-18H,19-20H2,(H2,32,36)(H,33,34)(H,35,37). The Bertz CT molecular complexity index is 1530. The number of hydrogen-bond donors (Lipinski definition) is 3. The summed E-state index contributed by atoms with van der Waals surface area (Å²) < 4.78 is 5.84. The Balaban J connectivity index is 1.24. The van der Waals surface area contributed by atoms with Gasteiger partial charge in [-0.15, -0.1) is 0 Å². The van der Waals surface area contributed by atoms with E-state index in [-0.39, 0.29) is 17.4 Å². The van der Waals surface area contributed by atoms with Gasteiger partial charge in [0.1, 0.15) is 24.0 Å². The second-order valence-corrected chi connectivity index (χ2v) is 8.76. The summed E-state index contributed by atoms with van der Waals surface area (Å²) >= 11 is 0. The highest BCUT2D eigenvalue weighted by atomic mass is 16.5. The molecule has 0 bridgehead atoms. The summed E-state index contributed by atoms with van der Waals surface area (Å²) in [4.78, 5) is 32.3. The Labute approximate surface area is 220 Å². The van der Waals surface area contributed by atoms with E-state index in [9.17, 15) is 9.59 Å². The molecule has 1 heterocycles. The van der Waals surface area contributed by atoms with E-state index in [0.29, 0.717) is 24.4 Å². The van der Waals surface area contributed by atoms with Gasteiger partial charge in [0.2, 0.25) is 0 Å². The van der Waals surface area contributed by atoms with Crippen LogP contribution in [0.25, 0.3) is 11.1 Å². The van der Waals surface area contributed by atoms with Crippen molar-refractivity contribution in [3.8, 4) is 16.9 Å². The van der Waals surface area contributed by atoms with Crippen molar-refractivity contribution in [1.29, 1.82) is 0 Å². The summed E-state index contributed by atoms with van der Waals surface area (Å²) in [7, 11) is 0. The molecule has 0 saturated heterocycles. The molecular weight excluding hydrogens is 476 g/mol. The molecule has 0 unspecified atom stereocenters. The Morgan fingerprint density at radius 1 is 0.763 bits per heavy atom. The molecule has 188 valence electrons. The lowest BCUT2D eigenvalue weighted by atomic mass is 10.0. The van der Waals surface area contributed by atoms with Crippen molar-refractivity contribution in [3.63, 3.8) is 0 Å². The molecule has 38 heavy (non-hydrogen) atoms. The Morgan fingerprint density at radius 3 is 2.05 bits per heavy atom. The molecule has 0 aliphatic heterocycles. The maximum Gasteiger partial charge on any atom is 0.271 e. The number of imidazole rings is 1. The van der Waals surface area contributed by atoms with Crippen LogP contribution < -0.4 is 15.8 Å². The monoisotopic (exact) mass is 502 g/mol. The second kappa shape index (κ2) is 11.3. The molecule has 7 nitrogen and oxygen atoms in total. The van der Waals surface area contributed by atoms with E-state index in [1.165, 1.54) is 0 Å². The number of H-pyrrole nitrogens is 1. The van der Waals surface area contributed by atoms with Gasteiger partial charge >= 0.3 is 0 Å². The minimum atomic E-state index is -0.730. The van der Waals surface area contributed by atoms with Crippen LogP contribution in [-0.2, 0) is 13.0 Å². The molecule has 0 aliphatic rings. The molecule has 4 N–H and O–H groups in total. The normalized spacial score (nSPS) is 10.6. The number of nitrogens with one attached hydrogen (secondary N) is 2. The van der Waals surface area contributed by atoms with E-state index in [1.54, 1.807) is 12.1 Å². The number of aromatic nitrogens is 2. The number of carbonyl (C=O) groups excluding carboxylic acids is 2. The molecule has 0 fully saturated rings. The molecule has 5 aromatic rings. The molecular formula is C31H26N4O3. The van der Waals surface area contributed by atoms with E-state index in [2.05, 4.69) is 15.3 Å². The molecule has 0 saturated carbocycles. The lowest BCUT2D eigenvalue weighted by Crippen LogP contribution is -2.18. The first-order chi connectivity index (χ1) is 18.5. The number of rotatable bonds is 9. The predicted octanol–water partition coefficient (Wildman–Crippen LogP) is 5.60.